The standard InChI is InChI=1S/C69H103N11O14S/c1-14-34-79(53(42(3)4)37-54(94-46(10)81)64-75-52(41-95-64)62(86)74-50(38-69(11,12)66(89)90)36-47-23-18-16-19-24-47)65(88)60(45(9)15-2)77-63(87)61(44(7)8)78(13)68(92)93-40-48-27-29-49(30-28-48)73-56(83)39-72-51(25-22-33-71-67(70)91)59(43(5)6)76-55(82)26-20-17-21-35-80-57(84)31-32-58(80)85/h16,18-19,23-24,27-32,41-45,50-51,53-54,59-61,72H,14-15,17,20-22,25-26,33-40H2,1-13H3,(H,73,83)(H,74,86)(H,76,82)(H,77,87)(H,89,90)(H3,70,71,91)/t45-,50-,51+,53+,54+,59-,60-,61+/m0/s1. The topological polar surface area (TPSA) is 347 Å². The number of primary amides is 1. The smallest absolute Gasteiger partial charge is 0.410 e. The third kappa shape index (κ3) is 25.8. The molecule has 1 aliphatic rings. The number of aliphatic carboxylic acids is 1. The van der Waals surface area contributed by atoms with E-state index >= 15 is 4.79 Å². The Morgan fingerprint density at radius 2 is 1.46 bits per heavy atom. The third-order valence-corrected chi connectivity index (χ3v) is 17.8. The molecule has 2 aromatic carbocycles. The minimum absolute atomic E-state index is 0.0523. The highest BCUT2D eigenvalue weighted by Crippen LogP contribution is 2.33. The van der Waals surface area contributed by atoms with Crippen molar-refractivity contribution >= 4 is 82.4 Å². The molecule has 0 unspecified atom stereocenters. The fourth-order valence-electron chi connectivity index (χ4n) is 11.4. The highest BCUT2D eigenvalue weighted by Gasteiger charge is 2.40. The largest absolute Gasteiger partial charge is 0.481 e. The van der Waals surface area contributed by atoms with E-state index in [1.165, 1.54) is 35.9 Å². The van der Waals surface area contributed by atoms with Gasteiger partial charge in [-0.3, -0.25) is 53.0 Å². The van der Waals surface area contributed by atoms with E-state index in [1.54, 1.807) is 62.2 Å². The zero-order valence-corrected chi connectivity index (χ0v) is 58.4. The molecule has 0 bridgehead atoms. The first-order valence-electron chi connectivity index (χ1n) is 33.1. The maximum absolute atomic E-state index is 15.2. The molecule has 0 saturated carbocycles. The van der Waals surface area contributed by atoms with Crippen molar-refractivity contribution in [2.45, 2.75) is 203 Å². The summed E-state index contributed by atoms with van der Waals surface area (Å²) in [6, 6.07) is 11.4. The number of urea groups is 1. The van der Waals surface area contributed by atoms with Gasteiger partial charge in [0.15, 0.2) is 6.10 Å². The third-order valence-electron chi connectivity index (χ3n) is 16.9. The molecule has 524 valence electrons. The predicted molar refractivity (Wildman–Crippen MR) is 362 cm³/mol. The molecule has 4 rings (SSSR count). The maximum atomic E-state index is 15.2. The summed E-state index contributed by atoms with van der Waals surface area (Å²) in [5, 5.41) is 29.7. The minimum atomic E-state index is -1.15. The van der Waals surface area contributed by atoms with Crippen LogP contribution in [-0.2, 0) is 60.9 Å². The molecule has 10 amide bonds. The molecular weight excluding hydrogens is 1240 g/mol. The van der Waals surface area contributed by atoms with Gasteiger partial charge in [0, 0.05) is 93.8 Å². The van der Waals surface area contributed by atoms with Gasteiger partial charge in [0.05, 0.1) is 12.0 Å². The Morgan fingerprint density at radius 3 is 2.04 bits per heavy atom. The van der Waals surface area contributed by atoms with E-state index in [9.17, 15) is 53.1 Å². The van der Waals surface area contributed by atoms with Gasteiger partial charge in [-0.05, 0) is 106 Å². The van der Waals surface area contributed by atoms with E-state index < -0.39 is 83.5 Å². The average molecular weight is 1340 g/mol. The minimum Gasteiger partial charge on any atom is -0.481 e. The fourth-order valence-corrected chi connectivity index (χ4v) is 12.3. The highest BCUT2D eigenvalue weighted by molar-refractivity contribution is 7.09. The number of likely N-dealkylation sites (N-methyl/N-ethyl adjacent to an activating group) is 1. The van der Waals surface area contributed by atoms with Crippen LogP contribution in [0.5, 0.6) is 0 Å². The molecule has 1 aromatic heterocycles. The van der Waals surface area contributed by atoms with Crippen molar-refractivity contribution < 1.29 is 67.3 Å². The summed E-state index contributed by atoms with van der Waals surface area (Å²) in [5.41, 5.74) is 6.14. The molecule has 8 atom stereocenters. The van der Waals surface area contributed by atoms with Crippen LogP contribution >= 0.6 is 11.3 Å². The summed E-state index contributed by atoms with van der Waals surface area (Å²) in [4.78, 5) is 153. The number of aromatic nitrogens is 1. The predicted octanol–water partition coefficient (Wildman–Crippen LogP) is 8.04. The van der Waals surface area contributed by atoms with Gasteiger partial charge < -0.3 is 57.1 Å². The van der Waals surface area contributed by atoms with Crippen molar-refractivity contribution in [1.29, 1.82) is 0 Å². The van der Waals surface area contributed by atoms with Crippen LogP contribution in [0.15, 0.2) is 72.1 Å². The molecule has 26 heteroatoms. The van der Waals surface area contributed by atoms with Crippen molar-refractivity contribution in [1.82, 2.24) is 46.3 Å². The van der Waals surface area contributed by atoms with Crippen molar-refractivity contribution in [2.75, 3.05) is 38.5 Å². The van der Waals surface area contributed by atoms with Gasteiger partial charge in [-0.1, -0.05) is 118 Å². The van der Waals surface area contributed by atoms with Crippen LogP contribution in [0.1, 0.15) is 180 Å². The van der Waals surface area contributed by atoms with Crippen molar-refractivity contribution in [2.24, 2.45) is 34.8 Å². The Bertz CT molecular complexity index is 3060. The van der Waals surface area contributed by atoms with Gasteiger partial charge in [0.1, 0.15) is 29.4 Å². The van der Waals surface area contributed by atoms with Gasteiger partial charge >= 0.3 is 24.1 Å². The second kappa shape index (κ2) is 38.9. The number of carbonyl (C=O) groups is 11. The van der Waals surface area contributed by atoms with Crippen LogP contribution in [-0.4, -0.2) is 160 Å². The van der Waals surface area contributed by atoms with Crippen LogP contribution < -0.4 is 37.6 Å². The van der Waals surface area contributed by atoms with Gasteiger partial charge in [-0.2, -0.15) is 0 Å². The highest BCUT2D eigenvalue weighted by atomic mass is 32.1. The molecule has 1 aliphatic heterocycles. The van der Waals surface area contributed by atoms with E-state index in [4.69, 9.17) is 15.2 Å². The number of anilines is 1. The number of benzene rings is 2. The second-order valence-electron chi connectivity index (χ2n) is 26.2. The van der Waals surface area contributed by atoms with Crippen LogP contribution in [0.25, 0.3) is 0 Å². The lowest BCUT2D eigenvalue weighted by Gasteiger charge is -2.40. The van der Waals surface area contributed by atoms with Gasteiger partial charge in [0.25, 0.3) is 17.7 Å². The summed E-state index contributed by atoms with van der Waals surface area (Å²) in [6.07, 6.45) is 5.29. The molecule has 0 spiro atoms. The number of hydrogen-bond donors (Lipinski definition) is 8. The monoisotopic (exact) mass is 1340 g/mol. The number of carboxylic acid groups (broad SMARTS) is 1. The normalized spacial score (nSPS) is 14.8. The second-order valence-corrected chi connectivity index (χ2v) is 27.1. The number of esters is 1. The Labute approximate surface area is 563 Å². The number of carbonyl (C=O) groups excluding carboxylic acids is 10. The molecule has 95 heavy (non-hydrogen) atoms. The number of hydrogen-bond acceptors (Lipinski definition) is 16. The van der Waals surface area contributed by atoms with Crippen LogP contribution in [0.4, 0.5) is 15.3 Å². The van der Waals surface area contributed by atoms with Gasteiger partial charge in [-0.15, -0.1) is 11.3 Å². The zero-order valence-electron chi connectivity index (χ0n) is 57.6. The van der Waals surface area contributed by atoms with E-state index in [2.05, 4.69) is 36.9 Å². The summed E-state index contributed by atoms with van der Waals surface area (Å²) >= 11 is 1.12. The first-order valence-corrected chi connectivity index (χ1v) is 33.9. The van der Waals surface area contributed by atoms with Crippen LogP contribution in [0, 0.1) is 29.1 Å². The summed E-state index contributed by atoms with van der Waals surface area (Å²) < 4.78 is 11.7. The van der Waals surface area contributed by atoms with Crippen molar-refractivity contribution in [3.8, 4) is 0 Å². The lowest BCUT2D eigenvalue weighted by atomic mass is 9.84. The molecule has 0 aliphatic carbocycles. The molecule has 0 saturated heterocycles. The summed E-state index contributed by atoms with van der Waals surface area (Å²) in [6.45, 7) is 22.1. The Morgan fingerprint density at radius 1 is 0.800 bits per heavy atom. The molecule has 0 radical (unpaired) electrons. The number of amides is 10. The Balaban J connectivity index is 1.41. The molecular formula is C69H103N11O14S. The number of carboxylic acids is 1. The molecule has 3 aromatic rings. The lowest BCUT2D eigenvalue weighted by Crippen LogP contribution is -2.59. The Hall–Kier alpha value is -8.26. The zero-order chi connectivity index (χ0) is 70.7. The van der Waals surface area contributed by atoms with Crippen molar-refractivity contribution in [3.63, 3.8) is 0 Å². The quantitative estimate of drug-likeness (QED) is 0.0151. The number of nitrogens with zero attached hydrogens (tertiary/aromatic N) is 4. The fraction of sp³-hybridized carbons (Fsp3) is 0.594. The molecule has 0 fully saturated rings. The number of rotatable bonds is 41. The van der Waals surface area contributed by atoms with E-state index in [1.807, 2.05) is 78.8 Å². The molecule has 2 heterocycles. The number of thiazole rings is 1. The number of nitrogens with two attached hydrogens (primary N) is 1. The van der Waals surface area contributed by atoms with Crippen LogP contribution in [0.3, 0.4) is 0 Å². The maximum Gasteiger partial charge on any atom is 0.410 e. The average Bonchev–Trinajstić information content (AvgIpc) is 1.67. The summed E-state index contributed by atoms with van der Waals surface area (Å²) in [5.74, 6) is -5.38. The Kier molecular flexibility index (Phi) is 32.5. The SMILES string of the molecule is CCCN(C(=O)[C@@H](NC(=O)[C@@H](C(C)C)N(C)C(=O)OCc1ccc(NC(=O)CN[C@H](CCCNC(N)=O)[C@@H](NC(=O)CCCCCN2C(=O)C=CC2=O)C(C)C)cc1)[C@@H](C)CC)[C@H](C[C@@H](OC(C)=O)c1nc(C(=O)N[C@@H](Cc2ccccc2)CC(C)(C)C(=O)O)cs1)C(C)C. The van der Waals surface area contributed by atoms with E-state index in [0.717, 1.165) is 16.9 Å². The van der Waals surface area contributed by atoms with Crippen LogP contribution in [0.2, 0.25) is 0 Å². The van der Waals surface area contributed by atoms with Crippen molar-refractivity contribution in [3.05, 3.63) is 94.0 Å². The van der Waals surface area contributed by atoms with Gasteiger partial charge in [-0.25, -0.2) is 14.6 Å². The molecule has 25 nitrogen and oxygen atoms in total. The number of imide groups is 1. The first kappa shape index (κ1) is 79.2. The van der Waals surface area contributed by atoms with E-state index in [0.29, 0.717) is 67.6 Å². The molecule has 9 N–H and O–H groups in total. The summed E-state index contributed by atoms with van der Waals surface area (Å²) in [7, 11) is 1.46. The lowest BCUT2D eigenvalue weighted by molar-refractivity contribution is -0.150. The number of nitrogens with one attached hydrogen (secondary N) is 6. The number of unbranched alkanes of at least 4 members (excludes halogenated alkanes) is 2. The number of ether oxygens (including phenoxy) is 2. The van der Waals surface area contributed by atoms with E-state index in [-0.39, 0.29) is 111 Å². The first-order chi connectivity index (χ1) is 44.9. The van der Waals surface area contributed by atoms with Gasteiger partial charge in [0.2, 0.25) is 23.6 Å².